The smallest absolute Gasteiger partial charge is 0.248 e. The Balaban J connectivity index is 0.000000166. The summed E-state index contributed by atoms with van der Waals surface area (Å²) in [6, 6.07) is 6.47. The summed E-state index contributed by atoms with van der Waals surface area (Å²) in [5, 5.41) is 0. The van der Waals surface area contributed by atoms with Crippen LogP contribution >= 0.6 is 0 Å². The van der Waals surface area contributed by atoms with Gasteiger partial charge in [-0.2, -0.15) is 0 Å². The van der Waals surface area contributed by atoms with Gasteiger partial charge in [-0.05, 0) is 31.2 Å². The summed E-state index contributed by atoms with van der Waals surface area (Å²) < 4.78 is 9.21. The number of epoxide rings is 2. The van der Waals surface area contributed by atoms with Crippen molar-refractivity contribution in [2.24, 2.45) is 5.73 Å². The molecule has 0 radical (unpaired) electrons. The molecule has 1 unspecified atom stereocenters. The van der Waals surface area contributed by atoms with Crippen molar-refractivity contribution in [2.75, 3.05) is 25.6 Å². The Hall–Kier alpha value is -1.59. The average Bonchev–Trinajstić information content (AvgIpc) is 3.14. The lowest BCUT2D eigenvalue weighted by Crippen LogP contribution is -2.10. The third kappa shape index (κ3) is 8.24. The third-order valence-electron chi connectivity index (χ3n) is 1.90. The minimum atomic E-state index is -0.431. The number of hydrogen-bond donors (Lipinski definition) is 2. The zero-order chi connectivity index (χ0) is 12.7. The Morgan fingerprint density at radius 2 is 1.71 bits per heavy atom. The predicted octanol–water partition coefficient (Wildman–Crippen LogP) is 0.789. The molecular formula is C12H18N2O3. The van der Waals surface area contributed by atoms with Crippen LogP contribution in [0.5, 0.6) is 0 Å². The van der Waals surface area contributed by atoms with E-state index in [9.17, 15) is 4.79 Å². The van der Waals surface area contributed by atoms with Crippen molar-refractivity contribution in [2.45, 2.75) is 13.0 Å². The van der Waals surface area contributed by atoms with Crippen LogP contribution in [0.3, 0.4) is 0 Å². The van der Waals surface area contributed by atoms with Gasteiger partial charge in [-0.1, -0.05) is 0 Å². The van der Waals surface area contributed by atoms with Crippen LogP contribution in [-0.2, 0) is 9.47 Å². The molecule has 17 heavy (non-hydrogen) atoms. The van der Waals surface area contributed by atoms with E-state index in [0.717, 1.165) is 19.8 Å². The summed E-state index contributed by atoms with van der Waals surface area (Å²) in [4.78, 5) is 10.5. The Labute approximate surface area is 101 Å². The van der Waals surface area contributed by atoms with E-state index < -0.39 is 5.91 Å². The van der Waals surface area contributed by atoms with E-state index in [1.165, 1.54) is 0 Å². The molecule has 0 bridgehead atoms. The number of carbonyl (C=O) groups excluding carboxylic acids is 1. The van der Waals surface area contributed by atoms with Crippen molar-refractivity contribution in [1.29, 1.82) is 0 Å². The lowest BCUT2D eigenvalue weighted by Gasteiger charge is -1.93. The lowest BCUT2D eigenvalue weighted by molar-refractivity contribution is 0.100. The molecule has 1 aromatic carbocycles. The topological polar surface area (TPSA) is 94.2 Å². The number of carbonyl (C=O) groups is 1. The molecule has 94 valence electrons. The summed E-state index contributed by atoms with van der Waals surface area (Å²) in [5.41, 5.74) is 11.5. The number of nitrogens with two attached hydrogens (primary N) is 2. The van der Waals surface area contributed by atoms with Crippen LogP contribution in [-0.4, -0.2) is 31.8 Å². The number of hydrogen-bond acceptors (Lipinski definition) is 4. The van der Waals surface area contributed by atoms with Crippen LogP contribution in [0, 0.1) is 0 Å². The third-order valence-corrected chi connectivity index (χ3v) is 1.90. The largest absolute Gasteiger partial charge is 0.399 e. The van der Waals surface area contributed by atoms with Gasteiger partial charge in [0.2, 0.25) is 5.91 Å². The van der Waals surface area contributed by atoms with Crippen LogP contribution < -0.4 is 11.5 Å². The van der Waals surface area contributed by atoms with Gasteiger partial charge in [-0.25, -0.2) is 0 Å². The highest BCUT2D eigenvalue weighted by atomic mass is 16.6. The molecule has 5 heteroatoms. The zero-order valence-corrected chi connectivity index (χ0v) is 9.89. The molecule has 1 atom stereocenters. The summed E-state index contributed by atoms with van der Waals surface area (Å²) in [6.07, 6.45) is 0.583. The summed E-state index contributed by atoms with van der Waals surface area (Å²) in [5.74, 6) is -0.431. The molecule has 0 aliphatic carbocycles. The Kier molecular flexibility index (Phi) is 5.45. The predicted molar refractivity (Wildman–Crippen MR) is 65.6 cm³/mol. The first-order valence-corrected chi connectivity index (χ1v) is 5.44. The first-order valence-electron chi connectivity index (χ1n) is 5.44. The minimum absolute atomic E-state index is 0.431. The van der Waals surface area contributed by atoms with Gasteiger partial charge in [0.05, 0.1) is 25.9 Å². The molecule has 2 aliphatic heterocycles. The highest BCUT2D eigenvalue weighted by Gasteiger charge is 2.13. The van der Waals surface area contributed by atoms with Crippen LogP contribution in [0.2, 0.25) is 0 Å². The number of ether oxygens (including phenoxy) is 2. The maximum absolute atomic E-state index is 10.5. The van der Waals surface area contributed by atoms with Gasteiger partial charge < -0.3 is 20.9 Å². The Morgan fingerprint density at radius 3 is 1.94 bits per heavy atom. The van der Waals surface area contributed by atoms with Gasteiger partial charge in [0.1, 0.15) is 0 Å². The number of amides is 1. The van der Waals surface area contributed by atoms with Crippen molar-refractivity contribution in [3.8, 4) is 0 Å². The van der Waals surface area contributed by atoms with Crippen LogP contribution in [0.1, 0.15) is 17.3 Å². The Morgan fingerprint density at radius 1 is 1.29 bits per heavy atom. The van der Waals surface area contributed by atoms with Crippen LogP contribution in [0.15, 0.2) is 24.3 Å². The molecule has 2 heterocycles. The van der Waals surface area contributed by atoms with Gasteiger partial charge in [-0.3, -0.25) is 4.79 Å². The van der Waals surface area contributed by atoms with E-state index in [-0.39, 0.29) is 0 Å². The number of primary amides is 1. The molecule has 2 saturated heterocycles. The highest BCUT2D eigenvalue weighted by molar-refractivity contribution is 5.92. The average molecular weight is 238 g/mol. The normalized spacial score (nSPS) is 19.0. The van der Waals surface area contributed by atoms with Gasteiger partial charge >= 0.3 is 0 Å². The number of anilines is 1. The Bertz CT molecular complexity index is 343. The second-order valence-electron chi connectivity index (χ2n) is 3.74. The van der Waals surface area contributed by atoms with Gasteiger partial charge in [0, 0.05) is 11.3 Å². The second kappa shape index (κ2) is 6.88. The first kappa shape index (κ1) is 13.5. The molecule has 4 N–H and O–H groups in total. The monoisotopic (exact) mass is 238 g/mol. The fraction of sp³-hybridized carbons (Fsp3) is 0.417. The first-order chi connectivity index (χ1) is 8.09. The molecule has 2 fully saturated rings. The van der Waals surface area contributed by atoms with Gasteiger partial charge in [-0.15, -0.1) is 0 Å². The summed E-state index contributed by atoms with van der Waals surface area (Å²) in [7, 11) is 0. The van der Waals surface area contributed by atoms with Crippen molar-refractivity contribution in [3.05, 3.63) is 29.8 Å². The highest BCUT2D eigenvalue weighted by Crippen LogP contribution is 2.04. The van der Waals surface area contributed by atoms with E-state index in [1.807, 2.05) is 0 Å². The molecule has 3 rings (SSSR count). The maximum atomic E-state index is 10.5. The van der Waals surface area contributed by atoms with Crippen LogP contribution in [0.25, 0.3) is 0 Å². The number of rotatable bonds is 1. The molecule has 1 aromatic rings. The fourth-order valence-corrected chi connectivity index (χ4v) is 0.744. The SMILES string of the molecule is C1CO1.CC1CO1.NC(=O)c1ccc(N)cc1. The molecule has 0 saturated carbocycles. The fourth-order valence-electron chi connectivity index (χ4n) is 0.744. The van der Waals surface area contributed by atoms with E-state index in [4.69, 9.17) is 16.2 Å². The molecular weight excluding hydrogens is 220 g/mol. The molecule has 1 amide bonds. The second-order valence-corrected chi connectivity index (χ2v) is 3.74. The van der Waals surface area contributed by atoms with E-state index >= 15 is 0 Å². The summed E-state index contributed by atoms with van der Waals surface area (Å²) in [6.45, 7) is 5.04. The van der Waals surface area contributed by atoms with Crippen molar-refractivity contribution in [1.82, 2.24) is 0 Å². The van der Waals surface area contributed by atoms with E-state index in [2.05, 4.69) is 11.7 Å². The van der Waals surface area contributed by atoms with Gasteiger partial charge in [0.15, 0.2) is 0 Å². The maximum Gasteiger partial charge on any atom is 0.248 e. The number of benzene rings is 1. The minimum Gasteiger partial charge on any atom is -0.399 e. The van der Waals surface area contributed by atoms with Crippen LogP contribution in [0.4, 0.5) is 5.69 Å². The lowest BCUT2D eigenvalue weighted by atomic mass is 10.2. The quantitative estimate of drug-likeness (QED) is 0.558. The number of nitrogen functional groups attached to an aromatic ring is 1. The summed E-state index contributed by atoms with van der Waals surface area (Å²) >= 11 is 0. The zero-order valence-electron chi connectivity index (χ0n) is 9.89. The van der Waals surface area contributed by atoms with E-state index in [1.54, 1.807) is 24.3 Å². The molecule has 0 spiro atoms. The van der Waals surface area contributed by atoms with E-state index in [0.29, 0.717) is 17.4 Å². The molecule has 5 nitrogen and oxygen atoms in total. The van der Waals surface area contributed by atoms with Crippen molar-refractivity contribution < 1.29 is 14.3 Å². The van der Waals surface area contributed by atoms with Crippen molar-refractivity contribution >= 4 is 11.6 Å². The van der Waals surface area contributed by atoms with Gasteiger partial charge in [0.25, 0.3) is 0 Å². The molecule has 0 aromatic heterocycles. The standard InChI is InChI=1S/C7H8N2O.C3H6O.C2H4O/c8-6-3-1-5(2-4-6)7(9)10;1-3-2-4-3;1-2-3-1/h1-4H,8H2,(H2,9,10);3H,2H2,1H3;1-2H2. The molecule has 2 aliphatic rings. The van der Waals surface area contributed by atoms with Crippen molar-refractivity contribution in [3.63, 3.8) is 0 Å².